The van der Waals surface area contributed by atoms with E-state index >= 15 is 0 Å². The number of rotatable bonds is 7. The van der Waals surface area contributed by atoms with Crippen LogP contribution in [0, 0.1) is 10.1 Å². The molecule has 0 aromatic heterocycles. The van der Waals surface area contributed by atoms with E-state index in [1.165, 1.54) is 24.3 Å². The van der Waals surface area contributed by atoms with Gasteiger partial charge in [0.15, 0.2) is 5.78 Å². The van der Waals surface area contributed by atoms with Crippen molar-refractivity contribution in [2.45, 2.75) is 19.9 Å². The van der Waals surface area contributed by atoms with Gasteiger partial charge in [-0.05, 0) is 33.0 Å². The van der Waals surface area contributed by atoms with Crippen LogP contribution < -0.4 is 5.32 Å². The number of nitrogens with one attached hydrogen (secondary N) is 1. The largest absolute Gasteiger partial charge is 0.353 e. The van der Waals surface area contributed by atoms with Crippen LogP contribution in [0.5, 0.6) is 0 Å². The number of benzene rings is 1. The number of nitro groups is 1. The summed E-state index contributed by atoms with van der Waals surface area (Å²) in [4.78, 5) is 35.2. The lowest BCUT2D eigenvalue weighted by Gasteiger charge is -2.16. The van der Waals surface area contributed by atoms with Gasteiger partial charge in [-0.1, -0.05) is 0 Å². The van der Waals surface area contributed by atoms with Crippen LogP contribution in [0.25, 0.3) is 0 Å². The first-order valence-corrected chi connectivity index (χ1v) is 6.55. The van der Waals surface area contributed by atoms with Gasteiger partial charge in [0.25, 0.3) is 5.69 Å². The molecule has 114 valence electrons. The van der Waals surface area contributed by atoms with Crippen molar-refractivity contribution in [3.05, 3.63) is 39.9 Å². The molecule has 0 fully saturated rings. The number of carbonyl (C=O) groups excluding carboxylic acids is 2. The molecule has 1 N–H and O–H groups in total. The topological polar surface area (TPSA) is 92.6 Å². The smallest absolute Gasteiger partial charge is 0.269 e. The first-order chi connectivity index (χ1) is 9.79. The van der Waals surface area contributed by atoms with E-state index in [0.717, 1.165) is 0 Å². The van der Waals surface area contributed by atoms with Crippen molar-refractivity contribution in [3.8, 4) is 0 Å². The van der Waals surface area contributed by atoms with Gasteiger partial charge in [0.2, 0.25) is 5.91 Å². The van der Waals surface area contributed by atoms with Gasteiger partial charge in [0.1, 0.15) is 0 Å². The van der Waals surface area contributed by atoms with Gasteiger partial charge >= 0.3 is 0 Å². The fraction of sp³-hybridized carbons (Fsp3) is 0.429. The van der Waals surface area contributed by atoms with Gasteiger partial charge in [-0.2, -0.15) is 0 Å². The van der Waals surface area contributed by atoms with Crippen LogP contribution in [-0.2, 0) is 4.79 Å². The molecule has 0 atom stereocenters. The zero-order valence-electron chi connectivity index (χ0n) is 12.3. The lowest BCUT2D eigenvalue weighted by molar-refractivity contribution is -0.384. The monoisotopic (exact) mass is 293 g/mol. The number of nitrogens with zero attached hydrogens (tertiary/aromatic N) is 2. The Labute approximate surface area is 123 Å². The summed E-state index contributed by atoms with van der Waals surface area (Å²) < 4.78 is 0. The number of hydrogen-bond donors (Lipinski definition) is 1. The minimum atomic E-state index is -0.517. The summed E-state index contributed by atoms with van der Waals surface area (Å²) in [6.07, 6.45) is 0. The van der Waals surface area contributed by atoms with Crippen molar-refractivity contribution in [1.29, 1.82) is 0 Å². The molecule has 0 aliphatic heterocycles. The van der Waals surface area contributed by atoms with Crippen LogP contribution in [0.4, 0.5) is 5.69 Å². The highest BCUT2D eigenvalue weighted by Crippen LogP contribution is 2.12. The van der Waals surface area contributed by atoms with Crippen molar-refractivity contribution in [3.63, 3.8) is 0 Å². The standard InChI is InChI=1S/C14H19N3O4/c1-10(2)15-14(19)9-16(3)8-13(18)11-4-6-12(7-5-11)17(20)21/h4-7,10H,8-9H2,1-3H3,(H,15,19). The van der Waals surface area contributed by atoms with E-state index in [1.54, 1.807) is 11.9 Å². The summed E-state index contributed by atoms with van der Waals surface area (Å²) in [6.45, 7) is 3.92. The van der Waals surface area contributed by atoms with Crippen LogP contribution >= 0.6 is 0 Å². The van der Waals surface area contributed by atoms with Crippen LogP contribution in [0.15, 0.2) is 24.3 Å². The van der Waals surface area contributed by atoms with Gasteiger partial charge < -0.3 is 5.32 Å². The van der Waals surface area contributed by atoms with Crippen LogP contribution in [-0.4, -0.2) is 47.7 Å². The zero-order chi connectivity index (χ0) is 16.0. The molecular weight excluding hydrogens is 274 g/mol. The van der Waals surface area contributed by atoms with Crippen LogP contribution in [0.3, 0.4) is 0 Å². The van der Waals surface area contributed by atoms with E-state index in [4.69, 9.17) is 0 Å². The molecule has 1 aromatic carbocycles. The Morgan fingerprint density at radius 2 is 1.81 bits per heavy atom. The maximum atomic E-state index is 12.0. The third-order valence-electron chi connectivity index (χ3n) is 2.68. The van der Waals surface area contributed by atoms with E-state index < -0.39 is 4.92 Å². The molecule has 7 nitrogen and oxygen atoms in total. The van der Waals surface area contributed by atoms with Crippen LogP contribution in [0.1, 0.15) is 24.2 Å². The molecule has 0 unspecified atom stereocenters. The highest BCUT2D eigenvalue weighted by molar-refractivity contribution is 5.98. The number of non-ortho nitro benzene ring substituents is 1. The number of hydrogen-bond acceptors (Lipinski definition) is 5. The van der Waals surface area contributed by atoms with E-state index in [0.29, 0.717) is 5.56 Å². The summed E-state index contributed by atoms with van der Waals surface area (Å²) in [6, 6.07) is 5.47. The molecule has 21 heavy (non-hydrogen) atoms. The lowest BCUT2D eigenvalue weighted by Crippen LogP contribution is -2.40. The quantitative estimate of drug-likeness (QED) is 0.464. The summed E-state index contributed by atoms with van der Waals surface area (Å²) >= 11 is 0. The molecule has 0 bridgehead atoms. The molecule has 0 radical (unpaired) electrons. The normalized spacial score (nSPS) is 10.7. The van der Waals surface area contributed by atoms with E-state index in [-0.39, 0.29) is 36.5 Å². The number of nitro benzene ring substituents is 1. The maximum Gasteiger partial charge on any atom is 0.269 e. The second kappa shape index (κ2) is 7.49. The van der Waals surface area contributed by atoms with Crippen molar-refractivity contribution in [1.82, 2.24) is 10.2 Å². The minimum absolute atomic E-state index is 0.0521. The van der Waals surface area contributed by atoms with Crippen LogP contribution in [0.2, 0.25) is 0 Å². The Balaban J connectivity index is 2.56. The van der Waals surface area contributed by atoms with E-state index in [2.05, 4.69) is 5.32 Å². The fourth-order valence-electron chi connectivity index (χ4n) is 1.77. The number of likely N-dealkylation sites (N-methyl/N-ethyl adjacent to an activating group) is 1. The van der Waals surface area contributed by atoms with Gasteiger partial charge in [-0.3, -0.25) is 24.6 Å². The number of amides is 1. The molecular formula is C14H19N3O4. The minimum Gasteiger partial charge on any atom is -0.353 e. The molecule has 1 amide bonds. The third-order valence-corrected chi connectivity index (χ3v) is 2.68. The van der Waals surface area contributed by atoms with E-state index in [1.807, 2.05) is 13.8 Å². The number of carbonyl (C=O) groups is 2. The first-order valence-electron chi connectivity index (χ1n) is 6.55. The lowest BCUT2D eigenvalue weighted by atomic mass is 10.1. The molecule has 7 heteroatoms. The van der Waals surface area contributed by atoms with E-state index in [9.17, 15) is 19.7 Å². The SMILES string of the molecule is CC(C)NC(=O)CN(C)CC(=O)c1ccc([N+](=O)[O-])cc1. The van der Waals surface area contributed by atoms with Gasteiger partial charge in [0.05, 0.1) is 18.0 Å². The molecule has 0 aliphatic rings. The molecule has 0 saturated heterocycles. The Morgan fingerprint density at radius 3 is 2.29 bits per heavy atom. The van der Waals surface area contributed by atoms with Gasteiger partial charge in [-0.15, -0.1) is 0 Å². The second-order valence-electron chi connectivity index (χ2n) is 5.12. The predicted octanol–water partition coefficient (Wildman–Crippen LogP) is 1.23. The van der Waals surface area contributed by atoms with Crippen molar-refractivity contribution >= 4 is 17.4 Å². The molecule has 0 saturated carbocycles. The summed E-state index contributed by atoms with van der Waals surface area (Å²) in [7, 11) is 1.67. The number of ketones is 1. The Morgan fingerprint density at radius 1 is 1.24 bits per heavy atom. The first kappa shape index (κ1) is 16.8. The highest BCUT2D eigenvalue weighted by Gasteiger charge is 2.14. The van der Waals surface area contributed by atoms with Crippen molar-refractivity contribution < 1.29 is 14.5 Å². The predicted molar refractivity (Wildman–Crippen MR) is 78.2 cm³/mol. The highest BCUT2D eigenvalue weighted by atomic mass is 16.6. The molecule has 0 heterocycles. The Hall–Kier alpha value is -2.28. The Kier molecular flexibility index (Phi) is 5.98. The van der Waals surface area contributed by atoms with Crippen molar-refractivity contribution in [2.24, 2.45) is 0 Å². The zero-order valence-corrected chi connectivity index (χ0v) is 12.3. The molecule has 0 aliphatic carbocycles. The van der Waals surface area contributed by atoms with Gasteiger partial charge in [-0.25, -0.2) is 0 Å². The number of Topliss-reactive ketones (excluding diaryl/α,β-unsaturated/α-hetero) is 1. The maximum absolute atomic E-state index is 12.0. The molecule has 1 aromatic rings. The fourth-order valence-corrected chi connectivity index (χ4v) is 1.77. The molecule has 1 rings (SSSR count). The summed E-state index contributed by atoms with van der Waals surface area (Å²) in [5, 5.41) is 13.3. The van der Waals surface area contributed by atoms with Crippen molar-refractivity contribution in [2.75, 3.05) is 20.1 Å². The second-order valence-corrected chi connectivity index (χ2v) is 5.12. The summed E-state index contributed by atoms with van der Waals surface area (Å²) in [5.74, 6) is -0.339. The Bertz CT molecular complexity index is 526. The average molecular weight is 293 g/mol. The third kappa shape index (κ3) is 5.70. The summed E-state index contributed by atoms with van der Waals surface area (Å²) in [5.41, 5.74) is 0.327. The van der Waals surface area contributed by atoms with Gasteiger partial charge in [0, 0.05) is 23.7 Å². The average Bonchev–Trinajstić information content (AvgIpc) is 2.37. The molecule has 0 spiro atoms.